The summed E-state index contributed by atoms with van der Waals surface area (Å²) in [5, 5.41) is 0. The molecule has 32 heavy (non-hydrogen) atoms. The van der Waals surface area contributed by atoms with E-state index in [1.54, 1.807) is 41.5 Å². The Morgan fingerprint density at radius 3 is 1.91 bits per heavy atom. The molecule has 6 atom stereocenters. The van der Waals surface area contributed by atoms with E-state index in [2.05, 4.69) is 0 Å². The lowest BCUT2D eigenvalue weighted by Gasteiger charge is -2.39. The second kappa shape index (κ2) is 7.42. The van der Waals surface area contributed by atoms with Crippen LogP contribution in [0, 0.1) is 35.0 Å². The topological polar surface area (TPSA) is 96.0 Å². The molecule has 0 aromatic carbocycles. The van der Waals surface area contributed by atoms with Crippen LogP contribution >= 0.6 is 0 Å². The maximum Gasteiger partial charge on any atom is 0.324 e. The molecular weight excluding hydrogens is 412 g/mol. The van der Waals surface area contributed by atoms with Crippen molar-refractivity contribution in [3.05, 3.63) is 12.2 Å². The predicted octanol–water partition coefficient (Wildman–Crippen LogP) is 3.39. The van der Waals surface area contributed by atoms with Gasteiger partial charge in [-0.2, -0.15) is 0 Å². The molecule has 0 aliphatic heterocycles. The van der Waals surface area contributed by atoms with Crippen molar-refractivity contribution in [1.82, 2.24) is 0 Å². The second-order valence-corrected chi connectivity index (χ2v) is 11.8. The highest BCUT2D eigenvalue weighted by Crippen LogP contribution is 2.59. The van der Waals surface area contributed by atoms with Crippen molar-refractivity contribution in [2.24, 2.45) is 35.0 Å². The van der Waals surface area contributed by atoms with Gasteiger partial charge in [0, 0.05) is 11.8 Å². The normalized spacial score (nSPS) is 34.6. The van der Waals surface area contributed by atoms with Gasteiger partial charge in [0.25, 0.3) is 0 Å². The monoisotopic (exact) mass is 446 g/mol. The van der Waals surface area contributed by atoms with Crippen molar-refractivity contribution in [2.45, 2.75) is 84.5 Å². The third-order valence-corrected chi connectivity index (χ3v) is 7.19. The summed E-state index contributed by atoms with van der Waals surface area (Å²) in [6.07, 6.45) is 5.12. The van der Waals surface area contributed by atoms with E-state index < -0.39 is 34.5 Å². The van der Waals surface area contributed by atoms with Crippen molar-refractivity contribution in [2.75, 3.05) is 0 Å². The third-order valence-electron chi connectivity index (χ3n) is 7.19. The van der Waals surface area contributed by atoms with Crippen LogP contribution in [0.15, 0.2) is 12.2 Å². The number of Topliss-reactive ketones (excluding diaryl/α,β-unsaturated/α-hetero) is 1. The zero-order valence-corrected chi connectivity index (χ0v) is 19.8. The van der Waals surface area contributed by atoms with E-state index in [4.69, 9.17) is 14.2 Å². The van der Waals surface area contributed by atoms with E-state index in [-0.39, 0.29) is 47.9 Å². The van der Waals surface area contributed by atoms with Gasteiger partial charge in [0.1, 0.15) is 23.1 Å². The summed E-state index contributed by atoms with van der Waals surface area (Å²) >= 11 is 0. The first-order valence-corrected chi connectivity index (χ1v) is 11.6. The maximum atomic E-state index is 13.3. The summed E-state index contributed by atoms with van der Waals surface area (Å²) in [5.74, 6) is -2.72. The SMILES string of the molecule is CC(C)(C)OC(=O)C1(C(=O)OC(C)(C)C)CC2CC1CC2OC(=O)C1CC2C=CC1C2=O. The number of carbonyl (C=O) groups excluding carboxylic acids is 4. The molecule has 0 aromatic heterocycles. The maximum absolute atomic E-state index is 13.3. The highest BCUT2D eigenvalue weighted by Gasteiger charge is 2.66. The Kier molecular flexibility index (Phi) is 5.33. The Morgan fingerprint density at radius 1 is 0.906 bits per heavy atom. The molecule has 3 fully saturated rings. The molecule has 4 aliphatic carbocycles. The van der Waals surface area contributed by atoms with Crippen LogP contribution < -0.4 is 0 Å². The fraction of sp³-hybridized carbons (Fsp3) is 0.760. The summed E-state index contributed by atoms with van der Waals surface area (Å²) in [4.78, 5) is 51.5. The van der Waals surface area contributed by atoms with Crippen LogP contribution in [-0.2, 0) is 33.4 Å². The van der Waals surface area contributed by atoms with Crippen LogP contribution in [0.2, 0.25) is 0 Å². The molecule has 6 unspecified atom stereocenters. The van der Waals surface area contributed by atoms with Crippen molar-refractivity contribution < 1.29 is 33.4 Å². The first kappa shape index (κ1) is 23.0. The van der Waals surface area contributed by atoms with Crippen LogP contribution in [0.4, 0.5) is 0 Å². The molecule has 0 spiro atoms. The van der Waals surface area contributed by atoms with Gasteiger partial charge in [0.15, 0.2) is 5.41 Å². The molecule has 7 nitrogen and oxygen atoms in total. The molecule has 0 amide bonds. The minimum Gasteiger partial charge on any atom is -0.462 e. The molecule has 4 rings (SSSR count). The van der Waals surface area contributed by atoms with Crippen LogP contribution in [0.25, 0.3) is 0 Å². The van der Waals surface area contributed by atoms with E-state index in [1.807, 2.05) is 12.2 Å². The van der Waals surface area contributed by atoms with E-state index in [0.717, 1.165) is 0 Å². The van der Waals surface area contributed by atoms with Crippen LogP contribution in [0.5, 0.6) is 0 Å². The molecule has 0 radical (unpaired) electrons. The lowest BCUT2D eigenvalue weighted by molar-refractivity contribution is -0.192. The van der Waals surface area contributed by atoms with Gasteiger partial charge in [-0.05, 0) is 79.1 Å². The number of ketones is 1. The van der Waals surface area contributed by atoms with Gasteiger partial charge in [-0.1, -0.05) is 12.2 Å². The molecule has 0 saturated heterocycles. The lowest BCUT2D eigenvalue weighted by atomic mass is 9.72. The molecule has 7 heteroatoms. The Labute approximate surface area is 189 Å². The number of carbonyl (C=O) groups is 4. The van der Waals surface area contributed by atoms with Crippen LogP contribution in [0.1, 0.15) is 67.2 Å². The number of esters is 3. The van der Waals surface area contributed by atoms with Gasteiger partial charge in [0.05, 0.1) is 5.92 Å². The van der Waals surface area contributed by atoms with Crippen molar-refractivity contribution in [1.29, 1.82) is 0 Å². The van der Waals surface area contributed by atoms with Crippen molar-refractivity contribution in [3.63, 3.8) is 0 Å². The predicted molar refractivity (Wildman–Crippen MR) is 114 cm³/mol. The van der Waals surface area contributed by atoms with Crippen molar-refractivity contribution in [3.8, 4) is 0 Å². The molecule has 4 aliphatic rings. The van der Waals surface area contributed by atoms with Gasteiger partial charge in [-0.15, -0.1) is 0 Å². The highest BCUT2D eigenvalue weighted by atomic mass is 16.6. The fourth-order valence-electron chi connectivity index (χ4n) is 5.87. The molecule has 4 bridgehead atoms. The standard InChI is InChI=1S/C25H34O7/c1-23(2,3)31-21(28)25(22(29)32-24(4,5)6)12-14-9-15(25)11-18(14)30-20(27)17-10-13-7-8-16(17)19(13)26/h7-8,13-18H,9-12H2,1-6H3. The summed E-state index contributed by atoms with van der Waals surface area (Å²) in [6.45, 7) is 10.6. The average Bonchev–Trinajstić information content (AvgIpc) is 3.38. The molecule has 0 heterocycles. The first-order chi connectivity index (χ1) is 14.7. The van der Waals surface area contributed by atoms with E-state index in [9.17, 15) is 19.2 Å². The Bertz CT molecular complexity index is 844. The quantitative estimate of drug-likeness (QED) is 0.283. The molecule has 3 saturated carbocycles. The van der Waals surface area contributed by atoms with Gasteiger partial charge in [-0.3, -0.25) is 19.2 Å². The lowest BCUT2D eigenvalue weighted by Crippen LogP contribution is -2.51. The number of fused-ring (bicyclic) bond motifs is 4. The van der Waals surface area contributed by atoms with Crippen LogP contribution in [0.3, 0.4) is 0 Å². The van der Waals surface area contributed by atoms with E-state index in [1.165, 1.54) is 0 Å². The number of allylic oxidation sites excluding steroid dienone is 2. The Hall–Kier alpha value is -2.18. The molecule has 0 aromatic rings. The summed E-state index contributed by atoms with van der Waals surface area (Å²) in [6, 6.07) is 0. The van der Waals surface area contributed by atoms with E-state index in [0.29, 0.717) is 19.3 Å². The van der Waals surface area contributed by atoms with Crippen molar-refractivity contribution >= 4 is 23.7 Å². The highest BCUT2D eigenvalue weighted by molar-refractivity contribution is 6.01. The molecule has 0 N–H and O–H groups in total. The largest absolute Gasteiger partial charge is 0.462 e. The molecule has 176 valence electrons. The second-order valence-electron chi connectivity index (χ2n) is 11.8. The van der Waals surface area contributed by atoms with Crippen LogP contribution in [-0.4, -0.2) is 41.0 Å². The average molecular weight is 447 g/mol. The van der Waals surface area contributed by atoms with Gasteiger partial charge in [-0.25, -0.2) is 0 Å². The first-order valence-electron chi connectivity index (χ1n) is 11.6. The smallest absolute Gasteiger partial charge is 0.324 e. The Morgan fingerprint density at radius 2 is 1.50 bits per heavy atom. The number of ether oxygens (including phenoxy) is 3. The fourth-order valence-corrected chi connectivity index (χ4v) is 5.87. The summed E-state index contributed by atoms with van der Waals surface area (Å²) in [5.41, 5.74) is -2.84. The van der Waals surface area contributed by atoms with Gasteiger partial charge in [0.2, 0.25) is 0 Å². The zero-order chi connectivity index (χ0) is 23.6. The minimum atomic E-state index is -1.38. The Balaban J connectivity index is 1.49. The minimum absolute atomic E-state index is 0.105. The number of rotatable bonds is 4. The zero-order valence-electron chi connectivity index (χ0n) is 19.8. The third kappa shape index (κ3) is 3.88. The number of hydrogen-bond donors (Lipinski definition) is 0. The van der Waals surface area contributed by atoms with E-state index >= 15 is 0 Å². The summed E-state index contributed by atoms with van der Waals surface area (Å²) in [7, 11) is 0. The van der Waals surface area contributed by atoms with Gasteiger partial charge >= 0.3 is 17.9 Å². The summed E-state index contributed by atoms with van der Waals surface area (Å²) < 4.78 is 17.2. The number of hydrogen-bond acceptors (Lipinski definition) is 7. The molecular formula is C25H34O7. The van der Waals surface area contributed by atoms with Gasteiger partial charge < -0.3 is 14.2 Å².